The highest BCUT2D eigenvalue weighted by Crippen LogP contribution is 2.26. The van der Waals surface area contributed by atoms with Crippen LogP contribution in [0.2, 0.25) is 0 Å². The van der Waals surface area contributed by atoms with Crippen LogP contribution in [0.4, 0.5) is 15.8 Å². The predicted molar refractivity (Wildman–Crippen MR) is 117 cm³/mol. The van der Waals surface area contributed by atoms with Crippen LogP contribution in [0.15, 0.2) is 43.0 Å². The second kappa shape index (κ2) is 7.92. The second-order valence-corrected chi connectivity index (χ2v) is 7.75. The van der Waals surface area contributed by atoms with E-state index in [0.717, 1.165) is 31.6 Å². The zero-order valence-corrected chi connectivity index (χ0v) is 17.0. The Hall–Kier alpha value is -3.59. The molecule has 0 aliphatic carbocycles. The van der Waals surface area contributed by atoms with E-state index >= 15 is 0 Å². The first-order chi connectivity index (χ1) is 15.1. The summed E-state index contributed by atoms with van der Waals surface area (Å²) in [5.74, 6) is -0.886. The van der Waals surface area contributed by atoms with Gasteiger partial charge in [-0.3, -0.25) is 14.8 Å². The number of fused-ring (bicyclic) bond motifs is 2. The second-order valence-electron chi connectivity index (χ2n) is 7.75. The number of carbonyl (C=O) groups excluding carboxylic acids is 1. The van der Waals surface area contributed by atoms with Crippen LogP contribution >= 0.6 is 0 Å². The van der Waals surface area contributed by atoms with Gasteiger partial charge in [0, 0.05) is 43.4 Å². The lowest BCUT2D eigenvalue weighted by atomic mass is 10.1. The molecular formula is C22H22FN7O. The highest BCUT2D eigenvalue weighted by atomic mass is 19.1. The molecule has 31 heavy (non-hydrogen) atoms. The molecule has 158 valence electrons. The molecular weight excluding hydrogens is 397 g/mol. The summed E-state index contributed by atoms with van der Waals surface area (Å²) in [7, 11) is 0. The van der Waals surface area contributed by atoms with Gasteiger partial charge in [-0.25, -0.2) is 9.37 Å². The molecule has 3 aromatic heterocycles. The first-order valence-corrected chi connectivity index (χ1v) is 10.3. The van der Waals surface area contributed by atoms with E-state index in [-0.39, 0.29) is 11.6 Å². The van der Waals surface area contributed by atoms with E-state index < -0.39 is 5.82 Å². The molecule has 4 aromatic rings. The average Bonchev–Trinajstić information content (AvgIpc) is 3.15. The number of hydrogen-bond acceptors (Lipinski definition) is 6. The summed E-state index contributed by atoms with van der Waals surface area (Å²) in [4.78, 5) is 26.0. The van der Waals surface area contributed by atoms with Crippen molar-refractivity contribution in [1.82, 2.24) is 24.7 Å². The summed E-state index contributed by atoms with van der Waals surface area (Å²) in [6, 6.07) is 5.14. The van der Waals surface area contributed by atoms with Gasteiger partial charge in [-0.1, -0.05) is 0 Å². The van der Waals surface area contributed by atoms with Crippen molar-refractivity contribution in [2.45, 2.75) is 25.8 Å². The molecule has 1 saturated heterocycles. The van der Waals surface area contributed by atoms with Crippen LogP contribution in [0.5, 0.6) is 0 Å². The predicted octanol–water partition coefficient (Wildman–Crippen LogP) is 3.14. The van der Waals surface area contributed by atoms with Crippen LogP contribution in [0.1, 0.15) is 28.9 Å². The number of carbonyl (C=O) groups is 1. The Morgan fingerprint density at radius 3 is 2.87 bits per heavy atom. The number of piperidine rings is 1. The number of hydrogen-bond donors (Lipinski definition) is 3. The van der Waals surface area contributed by atoms with Crippen molar-refractivity contribution >= 4 is 34.0 Å². The maximum absolute atomic E-state index is 14.4. The van der Waals surface area contributed by atoms with Gasteiger partial charge in [-0.05, 0) is 38.4 Å². The van der Waals surface area contributed by atoms with Crippen LogP contribution < -0.4 is 16.0 Å². The summed E-state index contributed by atoms with van der Waals surface area (Å²) < 4.78 is 15.9. The maximum atomic E-state index is 14.4. The quantitative estimate of drug-likeness (QED) is 0.470. The summed E-state index contributed by atoms with van der Waals surface area (Å²) in [5.41, 5.74) is 3.59. The van der Waals surface area contributed by atoms with E-state index in [2.05, 4.69) is 30.9 Å². The third kappa shape index (κ3) is 3.79. The van der Waals surface area contributed by atoms with Gasteiger partial charge in [0.25, 0.3) is 5.91 Å². The largest absolute Gasteiger partial charge is 0.379 e. The molecule has 0 saturated carbocycles. The molecule has 4 heterocycles. The van der Waals surface area contributed by atoms with Crippen molar-refractivity contribution in [3.8, 4) is 0 Å². The maximum Gasteiger partial charge on any atom is 0.257 e. The summed E-state index contributed by atoms with van der Waals surface area (Å²) in [5, 5.41) is 9.66. The SMILES string of the molecule is Cc1cn2cc(NC(=O)c3ccc(NC4CCCNC4)c4nccnc34)cc(F)c2n1. The minimum atomic E-state index is -0.504. The van der Waals surface area contributed by atoms with E-state index in [1.807, 2.05) is 6.07 Å². The monoisotopic (exact) mass is 419 g/mol. The van der Waals surface area contributed by atoms with Gasteiger partial charge < -0.3 is 20.4 Å². The van der Waals surface area contributed by atoms with Crippen molar-refractivity contribution in [3.63, 3.8) is 0 Å². The minimum Gasteiger partial charge on any atom is -0.379 e. The molecule has 9 heteroatoms. The number of aromatic nitrogens is 4. The van der Waals surface area contributed by atoms with Crippen molar-refractivity contribution in [2.24, 2.45) is 0 Å². The number of nitrogens with one attached hydrogen (secondary N) is 3. The number of imidazole rings is 1. The third-order valence-corrected chi connectivity index (χ3v) is 5.41. The van der Waals surface area contributed by atoms with E-state index in [1.165, 1.54) is 6.07 Å². The zero-order chi connectivity index (χ0) is 21.4. The third-order valence-electron chi connectivity index (χ3n) is 5.41. The van der Waals surface area contributed by atoms with E-state index in [0.29, 0.717) is 34.0 Å². The molecule has 1 aromatic carbocycles. The molecule has 1 atom stereocenters. The topological polar surface area (TPSA) is 96.2 Å². The first-order valence-electron chi connectivity index (χ1n) is 10.3. The molecule has 0 radical (unpaired) electrons. The fourth-order valence-corrected chi connectivity index (χ4v) is 4.00. The molecule has 0 spiro atoms. The van der Waals surface area contributed by atoms with Gasteiger partial charge >= 0.3 is 0 Å². The molecule has 5 rings (SSSR count). The smallest absolute Gasteiger partial charge is 0.257 e. The summed E-state index contributed by atoms with van der Waals surface area (Å²) in [6.07, 6.45) is 8.69. The van der Waals surface area contributed by atoms with Crippen LogP contribution in [0.3, 0.4) is 0 Å². The number of pyridine rings is 1. The van der Waals surface area contributed by atoms with Crippen LogP contribution in [-0.2, 0) is 0 Å². The van der Waals surface area contributed by atoms with Crippen molar-refractivity contribution < 1.29 is 9.18 Å². The molecule has 0 bridgehead atoms. The lowest BCUT2D eigenvalue weighted by molar-refractivity contribution is 0.102. The molecule has 8 nitrogen and oxygen atoms in total. The van der Waals surface area contributed by atoms with Gasteiger partial charge in [-0.15, -0.1) is 0 Å². The summed E-state index contributed by atoms with van der Waals surface area (Å²) in [6.45, 7) is 3.70. The standard InChI is InChI=1S/C22H22FN7O/c1-13-11-30-12-15(9-17(23)21(30)27-13)29-22(31)16-4-5-18(20-19(16)25-7-8-26-20)28-14-3-2-6-24-10-14/h4-5,7-9,11-12,14,24,28H,2-3,6,10H2,1H3,(H,29,31). The van der Waals surface area contributed by atoms with Gasteiger partial charge in [0.05, 0.1) is 22.6 Å². The highest BCUT2D eigenvalue weighted by Gasteiger charge is 2.19. The normalized spacial score (nSPS) is 16.5. The van der Waals surface area contributed by atoms with Gasteiger partial charge in [0.15, 0.2) is 11.5 Å². The Bertz CT molecular complexity index is 1280. The Balaban J connectivity index is 1.46. The number of amides is 1. The van der Waals surface area contributed by atoms with Gasteiger partial charge in [0.1, 0.15) is 11.0 Å². The van der Waals surface area contributed by atoms with Crippen LogP contribution in [0, 0.1) is 12.7 Å². The van der Waals surface area contributed by atoms with E-state index in [4.69, 9.17) is 0 Å². The van der Waals surface area contributed by atoms with E-state index in [9.17, 15) is 9.18 Å². The Morgan fingerprint density at radius 1 is 1.23 bits per heavy atom. The van der Waals surface area contributed by atoms with Crippen LogP contribution in [0.25, 0.3) is 16.7 Å². The molecule has 1 aliphatic rings. The number of halogens is 1. The Labute approximate surface area is 177 Å². The molecule has 3 N–H and O–H groups in total. The Kier molecular flexibility index (Phi) is 4.95. The Morgan fingerprint density at radius 2 is 2.06 bits per heavy atom. The lowest BCUT2D eigenvalue weighted by Crippen LogP contribution is -2.38. The highest BCUT2D eigenvalue weighted by molar-refractivity contribution is 6.13. The first kappa shape index (κ1) is 19.4. The number of aryl methyl sites for hydroxylation is 1. The fraction of sp³-hybridized carbons (Fsp3) is 0.273. The lowest BCUT2D eigenvalue weighted by Gasteiger charge is -2.25. The number of benzene rings is 1. The van der Waals surface area contributed by atoms with Crippen molar-refractivity contribution in [3.05, 3.63) is 60.1 Å². The number of anilines is 2. The number of rotatable bonds is 4. The molecule has 1 amide bonds. The molecule has 1 aliphatic heterocycles. The van der Waals surface area contributed by atoms with Gasteiger partial charge in [-0.2, -0.15) is 0 Å². The van der Waals surface area contributed by atoms with Gasteiger partial charge in [0.2, 0.25) is 0 Å². The van der Waals surface area contributed by atoms with E-state index in [1.54, 1.807) is 42.2 Å². The average molecular weight is 419 g/mol. The molecule has 1 unspecified atom stereocenters. The summed E-state index contributed by atoms with van der Waals surface area (Å²) >= 11 is 0. The molecule has 1 fully saturated rings. The number of nitrogens with zero attached hydrogens (tertiary/aromatic N) is 4. The zero-order valence-electron chi connectivity index (χ0n) is 17.0. The van der Waals surface area contributed by atoms with Crippen LogP contribution in [-0.4, -0.2) is 44.4 Å². The van der Waals surface area contributed by atoms with Crippen molar-refractivity contribution in [1.29, 1.82) is 0 Å². The van der Waals surface area contributed by atoms with Crippen molar-refractivity contribution in [2.75, 3.05) is 23.7 Å². The minimum absolute atomic E-state index is 0.222. The fourth-order valence-electron chi connectivity index (χ4n) is 4.00.